The lowest BCUT2D eigenvalue weighted by Gasteiger charge is -1.99. The second kappa shape index (κ2) is 4.92. The molecule has 7 N–H and O–H groups in total. The highest BCUT2D eigenvalue weighted by Gasteiger charge is 2.07. The molecule has 0 unspecified atom stereocenters. The van der Waals surface area contributed by atoms with Gasteiger partial charge in [0.25, 0.3) is 0 Å². The van der Waals surface area contributed by atoms with Crippen molar-refractivity contribution in [3.8, 4) is 0 Å². The van der Waals surface area contributed by atoms with Crippen LogP contribution in [0.3, 0.4) is 0 Å². The maximum atomic E-state index is 13.4. The van der Waals surface area contributed by atoms with Crippen molar-refractivity contribution in [3.63, 3.8) is 0 Å². The molecule has 0 heterocycles. The molecule has 0 aliphatic carbocycles. The number of carboxylic acid groups (broad SMARTS) is 1. The Morgan fingerprint density at radius 3 is 2.41 bits per heavy atom. The van der Waals surface area contributed by atoms with E-state index in [0.29, 0.717) is 0 Å². The van der Waals surface area contributed by atoms with E-state index in [1.54, 1.807) is 0 Å². The minimum Gasteiger partial charge on any atom is -0.478 e. The molecule has 1 aromatic rings. The van der Waals surface area contributed by atoms with Crippen molar-refractivity contribution in [1.82, 2.24) is 0 Å². The number of nitrogens with zero attached hydrogens (tertiary/aromatic N) is 2. The van der Waals surface area contributed by atoms with Crippen LogP contribution in [-0.4, -0.2) is 23.0 Å². The molecule has 1 aromatic carbocycles. The summed E-state index contributed by atoms with van der Waals surface area (Å²) >= 11 is 0. The Bertz CT molecular complexity index is 508. The Kier molecular flexibility index (Phi) is 3.60. The van der Waals surface area contributed by atoms with Gasteiger partial charge in [-0.05, 0) is 18.2 Å². The molecule has 7 nitrogen and oxygen atoms in total. The molecule has 0 aliphatic heterocycles. The van der Waals surface area contributed by atoms with Crippen LogP contribution in [0.15, 0.2) is 28.2 Å². The van der Waals surface area contributed by atoms with Gasteiger partial charge in [-0.2, -0.15) is 4.99 Å². The van der Waals surface area contributed by atoms with E-state index in [1.165, 1.54) is 6.07 Å². The zero-order valence-corrected chi connectivity index (χ0v) is 8.59. The number of halogens is 1. The van der Waals surface area contributed by atoms with Gasteiger partial charge in [0.15, 0.2) is 5.96 Å². The van der Waals surface area contributed by atoms with Crippen LogP contribution in [-0.2, 0) is 0 Å². The number of carboxylic acids is 1. The van der Waals surface area contributed by atoms with E-state index >= 15 is 0 Å². The predicted molar refractivity (Wildman–Crippen MR) is 60.5 cm³/mol. The molecule has 0 amide bonds. The molecule has 0 radical (unpaired) electrons. The van der Waals surface area contributed by atoms with E-state index in [-0.39, 0.29) is 23.2 Å². The highest BCUT2D eigenvalue weighted by atomic mass is 19.1. The van der Waals surface area contributed by atoms with Crippen LogP contribution in [0.1, 0.15) is 10.4 Å². The van der Waals surface area contributed by atoms with Crippen molar-refractivity contribution < 1.29 is 14.3 Å². The van der Waals surface area contributed by atoms with Gasteiger partial charge in [-0.1, -0.05) is 0 Å². The number of carbonyl (C=O) groups is 1. The van der Waals surface area contributed by atoms with Crippen LogP contribution < -0.4 is 17.2 Å². The van der Waals surface area contributed by atoms with Gasteiger partial charge in [0, 0.05) is 0 Å². The monoisotopic (exact) mass is 239 g/mol. The van der Waals surface area contributed by atoms with Crippen LogP contribution in [0.2, 0.25) is 0 Å². The fourth-order valence-electron chi connectivity index (χ4n) is 1.01. The first-order valence-electron chi connectivity index (χ1n) is 4.37. The molecule has 0 bridgehead atoms. The Balaban J connectivity index is 3.09. The third-order valence-corrected chi connectivity index (χ3v) is 1.67. The lowest BCUT2D eigenvalue weighted by atomic mass is 10.2. The summed E-state index contributed by atoms with van der Waals surface area (Å²) in [6, 6.07) is 3.17. The molecular formula is C9H10FN5O2. The van der Waals surface area contributed by atoms with Gasteiger partial charge in [0.2, 0.25) is 5.96 Å². The van der Waals surface area contributed by atoms with Crippen molar-refractivity contribution in [2.45, 2.75) is 0 Å². The maximum Gasteiger partial charge on any atom is 0.335 e. The molecule has 0 saturated carbocycles. The maximum absolute atomic E-state index is 13.4. The lowest BCUT2D eigenvalue weighted by Crippen LogP contribution is -2.26. The largest absolute Gasteiger partial charge is 0.478 e. The van der Waals surface area contributed by atoms with E-state index in [2.05, 4.69) is 9.98 Å². The molecule has 17 heavy (non-hydrogen) atoms. The van der Waals surface area contributed by atoms with Crippen molar-refractivity contribution in [2.24, 2.45) is 27.2 Å². The van der Waals surface area contributed by atoms with Crippen LogP contribution in [0.4, 0.5) is 10.1 Å². The number of hydrogen-bond donors (Lipinski definition) is 4. The SMILES string of the molecule is NC(N)=NC(N)=Nc1ccc(C(=O)O)cc1F. The smallest absolute Gasteiger partial charge is 0.335 e. The third-order valence-electron chi connectivity index (χ3n) is 1.67. The summed E-state index contributed by atoms with van der Waals surface area (Å²) in [5, 5.41) is 8.62. The van der Waals surface area contributed by atoms with Crippen molar-refractivity contribution >= 4 is 23.6 Å². The normalized spacial score (nSPS) is 11.0. The number of benzene rings is 1. The van der Waals surface area contributed by atoms with Crippen LogP contribution in [0.25, 0.3) is 0 Å². The van der Waals surface area contributed by atoms with E-state index in [0.717, 1.165) is 12.1 Å². The highest BCUT2D eigenvalue weighted by molar-refractivity contribution is 5.94. The van der Waals surface area contributed by atoms with Crippen LogP contribution in [0, 0.1) is 5.82 Å². The molecule has 0 atom stereocenters. The van der Waals surface area contributed by atoms with E-state index in [4.69, 9.17) is 22.3 Å². The summed E-state index contributed by atoms with van der Waals surface area (Å²) in [5.41, 5.74) is 15.0. The molecule has 0 aromatic heterocycles. The van der Waals surface area contributed by atoms with Gasteiger partial charge >= 0.3 is 5.97 Å². The standard InChI is InChI=1S/C9H10FN5O2/c10-5-3-4(7(16)17)1-2-6(5)14-9(13)15-8(11)12/h1-3H,(H,16,17)(H6,11,12,13,14,15). The lowest BCUT2D eigenvalue weighted by molar-refractivity contribution is 0.0696. The first-order chi connectivity index (χ1) is 7.90. The van der Waals surface area contributed by atoms with Crippen molar-refractivity contribution in [2.75, 3.05) is 0 Å². The topological polar surface area (TPSA) is 140 Å². The second-order valence-electron chi connectivity index (χ2n) is 2.98. The fourth-order valence-corrected chi connectivity index (χ4v) is 1.01. The van der Waals surface area contributed by atoms with Crippen molar-refractivity contribution in [1.29, 1.82) is 0 Å². The predicted octanol–water partition coefficient (Wildman–Crippen LogP) is -0.256. The molecule has 90 valence electrons. The molecular weight excluding hydrogens is 229 g/mol. The minimum atomic E-state index is -1.24. The van der Waals surface area contributed by atoms with Gasteiger partial charge in [-0.15, -0.1) is 0 Å². The number of aromatic carboxylic acids is 1. The molecule has 0 spiro atoms. The zero-order chi connectivity index (χ0) is 13.0. The van der Waals surface area contributed by atoms with Gasteiger partial charge in [0.05, 0.1) is 5.56 Å². The van der Waals surface area contributed by atoms with Crippen LogP contribution in [0.5, 0.6) is 0 Å². The van der Waals surface area contributed by atoms with Gasteiger partial charge < -0.3 is 22.3 Å². The summed E-state index contributed by atoms with van der Waals surface area (Å²) in [7, 11) is 0. The molecule has 0 saturated heterocycles. The fraction of sp³-hybridized carbons (Fsp3) is 0. The first kappa shape index (κ1) is 12.4. The number of guanidine groups is 2. The van der Waals surface area contributed by atoms with Gasteiger partial charge in [0.1, 0.15) is 11.5 Å². The number of nitrogens with two attached hydrogens (primary N) is 3. The Morgan fingerprint density at radius 2 is 1.94 bits per heavy atom. The summed E-state index contributed by atoms with van der Waals surface area (Å²) in [4.78, 5) is 17.5. The average molecular weight is 239 g/mol. The molecule has 0 fully saturated rings. The Labute approximate surface area is 95.5 Å². The number of aliphatic imine (C=N–C) groups is 2. The van der Waals surface area contributed by atoms with Crippen molar-refractivity contribution in [3.05, 3.63) is 29.6 Å². The molecule has 8 heteroatoms. The number of rotatable bonds is 2. The first-order valence-corrected chi connectivity index (χ1v) is 4.37. The second-order valence-corrected chi connectivity index (χ2v) is 2.98. The van der Waals surface area contributed by atoms with E-state index in [1.807, 2.05) is 0 Å². The quantitative estimate of drug-likeness (QED) is 0.416. The number of hydrogen-bond acceptors (Lipinski definition) is 2. The summed E-state index contributed by atoms with van der Waals surface area (Å²) in [6.45, 7) is 0. The minimum absolute atomic E-state index is 0.155. The van der Waals surface area contributed by atoms with E-state index < -0.39 is 11.8 Å². The molecule has 0 aliphatic rings. The Hall–Kier alpha value is -2.64. The molecule has 1 rings (SSSR count). The Morgan fingerprint density at radius 1 is 1.29 bits per heavy atom. The van der Waals surface area contributed by atoms with E-state index in [9.17, 15) is 9.18 Å². The zero-order valence-electron chi connectivity index (χ0n) is 8.59. The van der Waals surface area contributed by atoms with Gasteiger partial charge in [-0.25, -0.2) is 14.2 Å². The highest BCUT2D eigenvalue weighted by Crippen LogP contribution is 2.18. The average Bonchev–Trinajstić information content (AvgIpc) is 2.19. The van der Waals surface area contributed by atoms with Gasteiger partial charge in [-0.3, -0.25) is 0 Å². The van der Waals surface area contributed by atoms with Crippen LogP contribution >= 0.6 is 0 Å². The summed E-state index contributed by atoms with van der Waals surface area (Å²) < 4.78 is 13.4. The summed E-state index contributed by atoms with van der Waals surface area (Å²) in [5.74, 6) is -2.71. The third kappa shape index (κ3) is 3.45. The summed E-state index contributed by atoms with van der Waals surface area (Å²) in [6.07, 6.45) is 0.